The molecule has 6 heteroatoms. The quantitative estimate of drug-likeness (QED) is 0.432. The second-order valence-corrected chi connectivity index (χ2v) is 5.37. The Bertz CT molecular complexity index is 757. The molecule has 6 nitrogen and oxygen atoms in total. The van der Waals surface area contributed by atoms with Crippen molar-refractivity contribution in [3.63, 3.8) is 0 Å². The number of rotatable bonds is 7. The van der Waals surface area contributed by atoms with Gasteiger partial charge in [0.2, 0.25) is 5.76 Å². The average molecular weight is 339 g/mol. The fraction of sp³-hybridized carbons (Fsp3) is 0.316. The van der Waals surface area contributed by atoms with E-state index in [0.717, 1.165) is 12.8 Å². The van der Waals surface area contributed by atoms with Gasteiger partial charge >= 0.3 is 5.71 Å². The largest absolute Gasteiger partial charge is 0.491 e. The third kappa shape index (κ3) is 4.99. The van der Waals surface area contributed by atoms with Gasteiger partial charge in [0.1, 0.15) is 5.71 Å². The first-order valence-electron chi connectivity index (χ1n) is 8.29. The molecular formula is C19H21N3O3. The van der Waals surface area contributed by atoms with E-state index in [1.807, 2.05) is 19.9 Å². The number of aliphatic imine (C=N–C) groups is 1. The standard InChI is InChI=1S/C19H21N3O3/c1-3-10-24-17-13-16(22-20)18(25-11-4-2)12-15(17)21-19(23)14-8-6-5-7-9-14/h5-9,12-13H,3-4,10-11H2,1-2H3. The number of ether oxygens (including phenoxy) is 2. The maximum atomic E-state index is 12.4. The lowest BCUT2D eigenvalue weighted by Crippen LogP contribution is -2.19. The van der Waals surface area contributed by atoms with E-state index in [4.69, 9.17) is 9.47 Å². The van der Waals surface area contributed by atoms with E-state index < -0.39 is 0 Å². The van der Waals surface area contributed by atoms with Crippen LogP contribution in [0.15, 0.2) is 59.0 Å². The van der Waals surface area contributed by atoms with Crippen LogP contribution in [0.3, 0.4) is 0 Å². The van der Waals surface area contributed by atoms with Crippen molar-refractivity contribution >= 4 is 17.3 Å². The van der Waals surface area contributed by atoms with Crippen molar-refractivity contribution in [1.29, 1.82) is 0 Å². The molecule has 0 bridgehead atoms. The highest BCUT2D eigenvalue weighted by Gasteiger charge is 2.26. The average Bonchev–Trinajstić information content (AvgIpc) is 2.65. The fourth-order valence-corrected chi connectivity index (χ4v) is 2.11. The molecule has 1 aliphatic rings. The monoisotopic (exact) mass is 339 g/mol. The number of nitrogens with zero attached hydrogens (tertiary/aromatic N) is 3. The van der Waals surface area contributed by atoms with E-state index in [-0.39, 0.29) is 11.6 Å². The molecular weight excluding hydrogens is 318 g/mol. The molecule has 0 N–H and O–H groups in total. The fourth-order valence-electron chi connectivity index (χ4n) is 2.11. The molecule has 1 aliphatic carbocycles. The normalized spacial score (nSPS) is 15.3. The summed E-state index contributed by atoms with van der Waals surface area (Å²) in [4.78, 5) is 19.8. The first-order chi connectivity index (χ1) is 12.2. The summed E-state index contributed by atoms with van der Waals surface area (Å²) < 4.78 is 11.2. The Balaban J connectivity index is 2.37. The zero-order valence-electron chi connectivity index (χ0n) is 14.4. The zero-order chi connectivity index (χ0) is 18.1. The third-order valence-electron chi connectivity index (χ3n) is 3.31. The third-order valence-corrected chi connectivity index (χ3v) is 3.31. The van der Waals surface area contributed by atoms with Crippen LogP contribution in [0.25, 0.3) is 5.53 Å². The summed E-state index contributed by atoms with van der Waals surface area (Å²) in [6.07, 6.45) is 4.69. The SMILES string of the molecule is CCCOC1=CC(=[N+]=[N-])C(OCCC)=CC1=NC(=O)c1ccccc1. The number of hydrogen-bond donors (Lipinski definition) is 0. The highest BCUT2D eigenvalue weighted by atomic mass is 16.5. The zero-order valence-corrected chi connectivity index (χ0v) is 14.4. The van der Waals surface area contributed by atoms with Crippen LogP contribution in [-0.4, -0.2) is 35.3 Å². The Morgan fingerprint density at radius 2 is 1.68 bits per heavy atom. The molecule has 1 amide bonds. The van der Waals surface area contributed by atoms with Gasteiger partial charge in [0.05, 0.1) is 19.3 Å². The van der Waals surface area contributed by atoms with Gasteiger partial charge in [0.25, 0.3) is 5.91 Å². The lowest BCUT2D eigenvalue weighted by atomic mass is 10.1. The second kappa shape index (κ2) is 9.35. The Labute approximate surface area is 147 Å². The van der Waals surface area contributed by atoms with E-state index in [1.165, 1.54) is 6.08 Å². The molecule has 2 rings (SSSR count). The van der Waals surface area contributed by atoms with Crippen LogP contribution in [0.5, 0.6) is 0 Å². The predicted molar refractivity (Wildman–Crippen MR) is 95.5 cm³/mol. The number of hydrogen-bond acceptors (Lipinski definition) is 3. The molecule has 0 fully saturated rings. The molecule has 0 aromatic heterocycles. The minimum absolute atomic E-state index is 0.241. The Morgan fingerprint density at radius 3 is 2.28 bits per heavy atom. The molecule has 0 saturated heterocycles. The first-order valence-corrected chi connectivity index (χ1v) is 8.29. The van der Waals surface area contributed by atoms with Gasteiger partial charge in [-0.25, -0.2) is 4.99 Å². The van der Waals surface area contributed by atoms with Gasteiger partial charge < -0.3 is 15.0 Å². The van der Waals surface area contributed by atoms with Crippen molar-refractivity contribution in [2.75, 3.05) is 13.2 Å². The molecule has 0 saturated carbocycles. The summed E-state index contributed by atoms with van der Waals surface area (Å²) in [6, 6.07) is 8.79. The van der Waals surface area contributed by atoms with Crippen LogP contribution in [0.1, 0.15) is 37.0 Å². The molecule has 0 spiro atoms. The molecule has 1 aromatic carbocycles. The van der Waals surface area contributed by atoms with E-state index >= 15 is 0 Å². The van der Waals surface area contributed by atoms with Crippen molar-refractivity contribution in [1.82, 2.24) is 0 Å². The summed E-state index contributed by atoms with van der Waals surface area (Å²) in [5, 5.41) is 0. The summed E-state index contributed by atoms with van der Waals surface area (Å²) in [6.45, 7) is 4.87. The number of carbonyl (C=O) groups is 1. The number of amides is 1. The number of carbonyl (C=O) groups excluding carboxylic acids is 1. The van der Waals surface area contributed by atoms with Gasteiger partial charge in [-0.05, 0) is 25.0 Å². The van der Waals surface area contributed by atoms with E-state index in [9.17, 15) is 10.3 Å². The van der Waals surface area contributed by atoms with Gasteiger partial charge in [-0.2, -0.15) is 4.79 Å². The summed E-state index contributed by atoms with van der Waals surface area (Å²) in [7, 11) is 0. The summed E-state index contributed by atoms with van der Waals surface area (Å²) in [5.41, 5.74) is 10.3. The van der Waals surface area contributed by atoms with E-state index in [0.29, 0.717) is 36.0 Å². The Hall–Kier alpha value is -2.98. The van der Waals surface area contributed by atoms with Gasteiger partial charge in [0, 0.05) is 11.6 Å². The highest BCUT2D eigenvalue weighted by molar-refractivity contribution is 6.23. The lowest BCUT2D eigenvalue weighted by molar-refractivity contribution is -0.00816. The molecule has 130 valence electrons. The second-order valence-electron chi connectivity index (χ2n) is 5.37. The van der Waals surface area contributed by atoms with Crippen LogP contribution in [0.4, 0.5) is 0 Å². The van der Waals surface area contributed by atoms with Gasteiger partial charge in [-0.1, -0.05) is 32.0 Å². The molecule has 25 heavy (non-hydrogen) atoms. The van der Waals surface area contributed by atoms with Crippen molar-refractivity contribution in [2.24, 2.45) is 4.99 Å². The van der Waals surface area contributed by atoms with E-state index in [1.54, 1.807) is 30.3 Å². The number of allylic oxidation sites excluding steroid dienone is 2. The molecule has 0 atom stereocenters. The van der Waals surface area contributed by atoms with Crippen LogP contribution in [0, 0.1) is 0 Å². The highest BCUT2D eigenvalue weighted by Crippen LogP contribution is 2.17. The molecule has 0 radical (unpaired) electrons. The molecule has 0 aliphatic heterocycles. The van der Waals surface area contributed by atoms with Crippen molar-refractivity contribution < 1.29 is 19.1 Å². The number of benzene rings is 1. The topological polar surface area (TPSA) is 84.3 Å². The van der Waals surface area contributed by atoms with Crippen molar-refractivity contribution in [2.45, 2.75) is 26.7 Å². The Kier molecular flexibility index (Phi) is 6.87. The van der Waals surface area contributed by atoms with Crippen LogP contribution >= 0.6 is 0 Å². The minimum Gasteiger partial charge on any atom is -0.491 e. The molecule has 0 heterocycles. The Morgan fingerprint density at radius 1 is 1.04 bits per heavy atom. The van der Waals surface area contributed by atoms with E-state index in [2.05, 4.69) is 9.78 Å². The lowest BCUT2D eigenvalue weighted by Gasteiger charge is -2.14. The minimum atomic E-state index is -0.378. The van der Waals surface area contributed by atoms with Gasteiger partial charge in [0.15, 0.2) is 5.76 Å². The van der Waals surface area contributed by atoms with Crippen molar-refractivity contribution in [3.05, 3.63) is 65.1 Å². The smallest absolute Gasteiger partial charge is 0.360 e. The molecule has 1 aromatic rings. The van der Waals surface area contributed by atoms with Crippen molar-refractivity contribution in [3.8, 4) is 0 Å². The van der Waals surface area contributed by atoms with Crippen LogP contribution in [0.2, 0.25) is 0 Å². The maximum absolute atomic E-state index is 12.4. The van der Waals surface area contributed by atoms with Crippen LogP contribution < -0.4 is 0 Å². The summed E-state index contributed by atoms with van der Waals surface area (Å²) >= 11 is 0. The maximum Gasteiger partial charge on any atom is 0.360 e. The summed E-state index contributed by atoms with van der Waals surface area (Å²) in [5.74, 6) is 0.354. The van der Waals surface area contributed by atoms with Crippen LogP contribution in [-0.2, 0) is 9.47 Å². The van der Waals surface area contributed by atoms with Gasteiger partial charge in [-0.15, -0.1) is 0 Å². The van der Waals surface area contributed by atoms with Gasteiger partial charge in [-0.3, -0.25) is 4.79 Å². The first kappa shape index (κ1) is 18.4. The molecule has 0 unspecified atom stereocenters. The predicted octanol–water partition coefficient (Wildman–Crippen LogP) is 3.57.